The molecule has 1 atom stereocenters. The maximum Gasteiger partial charge on any atom is 0.407 e. The maximum absolute atomic E-state index is 11.9. The van der Waals surface area contributed by atoms with Gasteiger partial charge >= 0.3 is 12.1 Å². The summed E-state index contributed by atoms with van der Waals surface area (Å²) in [7, 11) is 1.34. The van der Waals surface area contributed by atoms with Gasteiger partial charge < -0.3 is 24.6 Å². The van der Waals surface area contributed by atoms with Crippen LogP contribution in [0.4, 0.5) is 10.5 Å². The van der Waals surface area contributed by atoms with E-state index in [-0.39, 0.29) is 55.3 Å². The molecule has 0 aliphatic rings. The lowest BCUT2D eigenvalue weighted by molar-refractivity contribution is -0.386. The van der Waals surface area contributed by atoms with E-state index in [1.807, 2.05) is 0 Å². The number of carboxylic acid groups (broad SMARTS) is 1. The molecule has 0 saturated carbocycles. The fraction of sp³-hybridized carbons (Fsp3) is 0.529. The average molecular weight is 425 g/mol. The summed E-state index contributed by atoms with van der Waals surface area (Å²) < 4.78 is 15.8. The second-order valence-electron chi connectivity index (χ2n) is 5.95. The number of methoxy groups -OCH3 is 1. The number of carbonyl (C=O) groups is 2. The highest BCUT2D eigenvalue weighted by molar-refractivity contribution is 5.68. The number of azide groups is 1. The molecule has 0 aliphatic carbocycles. The van der Waals surface area contributed by atoms with Gasteiger partial charge in [-0.3, -0.25) is 14.9 Å². The van der Waals surface area contributed by atoms with Gasteiger partial charge in [-0.1, -0.05) is 5.11 Å². The van der Waals surface area contributed by atoms with Gasteiger partial charge in [-0.15, -0.1) is 0 Å². The third-order valence-corrected chi connectivity index (χ3v) is 3.79. The molecule has 1 amide bonds. The van der Waals surface area contributed by atoms with E-state index in [0.717, 1.165) is 6.07 Å². The zero-order valence-corrected chi connectivity index (χ0v) is 16.6. The number of nitrogens with one attached hydrogen (secondary N) is 1. The van der Waals surface area contributed by atoms with Crippen molar-refractivity contribution >= 4 is 17.7 Å². The number of amides is 1. The Hall–Kier alpha value is -3.73. The highest BCUT2D eigenvalue weighted by Gasteiger charge is 2.26. The first-order valence-electron chi connectivity index (χ1n) is 8.96. The van der Waals surface area contributed by atoms with Crippen molar-refractivity contribution in [3.05, 3.63) is 38.3 Å². The van der Waals surface area contributed by atoms with Crippen LogP contribution < -0.4 is 14.8 Å². The fourth-order valence-electron chi connectivity index (χ4n) is 2.38. The largest absolute Gasteiger partial charge is 0.493 e. The summed E-state index contributed by atoms with van der Waals surface area (Å²) in [6, 6.07) is 2.48. The SMILES string of the molecule is COc1cc(C(C)OC(=O)NCCCN=[N+]=[N-])c([N+](=O)[O-])cc1OCCCC(=O)O. The van der Waals surface area contributed by atoms with Crippen LogP contribution in [0.5, 0.6) is 11.5 Å². The second-order valence-corrected chi connectivity index (χ2v) is 5.95. The summed E-state index contributed by atoms with van der Waals surface area (Å²) in [5.74, 6) is -0.724. The first-order chi connectivity index (χ1) is 14.3. The van der Waals surface area contributed by atoms with E-state index in [9.17, 15) is 19.7 Å². The van der Waals surface area contributed by atoms with E-state index >= 15 is 0 Å². The number of carboxylic acids is 1. The van der Waals surface area contributed by atoms with E-state index in [0.29, 0.717) is 6.42 Å². The monoisotopic (exact) mass is 425 g/mol. The molecular weight excluding hydrogens is 402 g/mol. The molecule has 1 aromatic rings. The lowest BCUT2D eigenvalue weighted by Gasteiger charge is -2.17. The van der Waals surface area contributed by atoms with Gasteiger partial charge in [0.1, 0.15) is 6.10 Å². The number of nitrogens with zero attached hydrogens (tertiary/aromatic N) is 4. The topological polar surface area (TPSA) is 186 Å². The summed E-state index contributed by atoms with van der Waals surface area (Å²) in [6.45, 7) is 1.92. The van der Waals surface area contributed by atoms with E-state index in [1.54, 1.807) is 0 Å². The first kappa shape index (κ1) is 24.3. The number of nitro benzene ring substituents is 1. The molecule has 0 bridgehead atoms. The third-order valence-electron chi connectivity index (χ3n) is 3.79. The molecule has 0 spiro atoms. The van der Waals surface area contributed by atoms with Gasteiger partial charge in [-0.2, -0.15) is 0 Å². The molecule has 1 aromatic carbocycles. The average Bonchev–Trinajstić information content (AvgIpc) is 2.70. The van der Waals surface area contributed by atoms with Gasteiger partial charge in [0.25, 0.3) is 5.69 Å². The summed E-state index contributed by atoms with van der Waals surface area (Å²) in [4.78, 5) is 35.9. The lowest BCUT2D eigenvalue weighted by Crippen LogP contribution is -2.26. The molecular formula is C17H23N5O8. The predicted octanol–water partition coefficient (Wildman–Crippen LogP) is 3.33. The van der Waals surface area contributed by atoms with Crippen molar-refractivity contribution in [1.82, 2.24) is 5.32 Å². The van der Waals surface area contributed by atoms with Crippen molar-refractivity contribution in [2.24, 2.45) is 5.11 Å². The predicted molar refractivity (Wildman–Crippen MR) is 104 cm³/mol. The fourth-order valence-corrected chi connectivity index (χ4v) is 2.38. The Morgan fingerprint density at radius 1 is 1.37 bits per heavy atom. The molecule has 164 valence electrons. The van der Waals surface area contributed by atoms with Gasteiger partial charge in [-0.05, 0) is 31.4 Å². The summed E-state index contributed by atoms with van der Waals surface area (Å²) in [5, 5.41) is 25.9. The Balaban J connectivity index is 2.88. The Morgan fingerprint density at radius 3 is 2.70 bits per heavy atom. The van der Waals surface area contributed by atoms with Crippen molar-refractivity contribution in [2.45, 2.75) is 32.3 Å². The minimum atomic E-state index is -0.978. The van der Waals surface area contributed by atoms with Crippen molar-refractivity contribution in [2.75, 3.05) is 26.8 Å². The van der Waals surface area contributed by atoms with E-state index in [4.69, 9.17) is 24.8 Å². The highest BCUT2D eigenvalue weighted by Crippen LogP contribution is 2.38. The van der Waals surface area contributed by atoms with Crippen LogP contribution in [0.15, 0.2) is 17.2 Å². The van der Waals surface area contributed by atoms with Gasteiger partial charge in [-0.25, -0.2) is 4.79 Å². The Kier molecular flexibility index (Phi) is 10.3. The van der Waals surface area contributed by atoms with Gasteiger partial charge in [0.15, 0.2) is 11.5 Å². The van der Waals surface area contributed by atoms with E-state index in [2.05, 4.69) is 15.3 Å². The second kappa shape index (κ2) is 12.7. The van der Waals surface area contributed by atoms with E-state index < -0.39 is 23.1 Å². The Bertz CT molecular complexity index is 810. The number of rotatable bonds is 13. The summed E-state index contributed by atoms with van der Waals surface area (Å²) in [6.07, 6.45) is -1.24. The Morgan fingerprint density at radius 2 is 2.10 bits per heavy atom. The van der Waals surface area contributed by atoms with Crippen LogP contribution in [0.1, 0.15) is 37.9 Å². The molecule has 2 N–H and O–H groups in total. The minimum absolute atomic E-state index is 0.0312. The normalized spacial score (nSPS) is 11.0. The quantitative estimate of drug-likeness (QED) is 0.120. The van der Waals surface area contributed by atoms with Crippen LogP contribution in [0, 0.1) is 10.1 Å². The molecule has 0 saturated heterocycles. The molecule has 0 fully saturated rings. The lowest BCUT2D eigenvalue weighted by atomic mass is 10.1. The molecule has 0 aromatic heterocycles. The van der Waals surface area contributed by atoms with Crippen LogP contribution in [0.2, 0.25) is 0 Å². The van der Waals surface area contributed by atoms with Gasteiger partial charge in [0, 0.05) is 24.4 Å². The van der Waals surface area contributed by atoms with Crippen molar-refractivity contribution < 1.29 is 33.8 Å². The summed E-state index contributed by atoms with van der Waals surface area (Å²) in [5.41, 5.74) is 7.94. The Labute approximate surface area is 171 Å². The molecule has 0 heterocycles. The smallest absolute Gasteiger partial charge is 0.407 e. The third kappa shape index (κ3) is 8.10. The van der Waals surface area contributed by atoms with Crippen LogP contribution in [-0.2, 0) is 9.53 Å². The zero-order valence-electron chi connectivity index (χ0n) is 16.6. The van der Waals surface area contributed by atoms with Crippen LogP contribution in [0.25, 0.3) is 10.4 Å². The van der Waals surface area contributed by atoms with Crippen LogP contribution in [0.3, 0.4) is 0 Å². The number of ether oxygens (including phenoxy) is 3. The van der Waals surface area contributed by atoms with Gasteiger partial charge in [0.05, 0.1) is 30.3 Å². The van der Waals surface area contributed by atoms with Crippen LogP contribution >= 0.6 is 0 Å². The number of aliphatic carboxylic acids is 1. The first-order valence-corrected chi connectivity index (χ1v) is 8.96. The molecule has 1 unspecified atom stereocenters. The van der Waals surface area contributed by atoms with Crippen molar-refractivity contribution in [3.63, 3.8) is 0 Å². The molecule has 0 aliphatic heterocycles. The summed E-state index contributed by atoms with van der Waals surface area (Å²) >= 11 is 0. The number of alkyl carbamates (subject to hydrolysis) is 1. The van der Waals surface area contributed by atoms with Gasteiger partial charge in [0.2, 0.25) is 0 Å². The van der Waals surface area contributed by atoms with Crippen LogP contribution in [-0.4, -0.2) is 48.9 Å². The molecule has 30 heavy (non-hydrogen) atoms. The number of nitro groups is 1. The van der Waals surface area contributed by atoms with Crippen molar-refractivity contribution in [1.29, 1.82) is 0 Å². The molecule has 1 rings (SSSR count). The maximum atomic E-state index is 11.9. The standard InChI is InChI=1S/C17H23N5O8/c1-11(30-17(25)19-6-4-7-20-21-18)12-9-14(28-2)15(10-13(12)22(26)27)29-8-3-5-16(23)24/h9-11H,3-8H2,1-2H3,(H,19,25)(H,23,24). The number of hydrogen-bond acceptors (Lipinski definition) is 8. The molecule has 13 nitrogen and oxygen atoms in total. The number of benzene rings is 1. The highest BCUT2D eigenvalue weighted by atomic mass is 16.6. The number of hydrogen-bond donors (Lipinski definition) is 2. The molecule has 13 heteroatoms. The van der Waals surface area contributed by atoms with E-state index in [1.165, 1.54) is 20.1 Å². The number of carbonyl (C=O) groups excluding carboxylic acids is 1. The van der Waals surface area contributed by atoms with Crippen molar-refractivity contribution in [3.8, 4) is 11.5 Å². The zero-order chi connectivity index (χ0) is 22.5. The molecule has 0 radical (unpaired) electrons. The minimum Gasteiger partial charge on any atom is -0.493 e.